The second-order valence-electron chi connectivity index (χ2n) is 5.31. The number of ether oxygens (including phenoxy) is 1. The molecule has 1 fully saturated rings. The molecule has 1 aromatic heterocycles. The summed E-state index contributed by atoms with van der Waals surface area (Å²) in [6.45, 7) is 6.41. The number of morpholine rings is 1. The van der Waals surface area contributed by atoms with Crippen LogP contribution in [0.15, 0.2) is 17.2 Å². The number of nitrogens with zero attached hydrogens (tertiary/aromatic N) is 3. The van der Waals surface area contributed by atoms with Crippen LogP contribution in [-0.4, -0.2) is 40.3 Å². The summed E-state index contributed by atoms with van der Waals surface area (Å²) in [7, 11) is 0. The normalized spacial score (nSPS) is 19.4. The van der Waals surface area contributed by atoms with Crippen molar-refractivity contribution in [1.82, 2.24) is 9.55 Å². The van der Waals surface area contributed by atoms with Crippen LogP contribution in [0.3, 0.4) is 0 Å². The van der Waals surface area contributed by atoms with Gasteiger partial charge in [-0.25, -0.2) is 4.98 Å². The average Bonchev–Trinajstić information content (AvgIpc) is 2.41. The van der Waals surface area contributed by atoms with Crippen molar-refractivity contribution in [2.45, 2.75) is 26.5 Å². The maximum atomic E-state index is 12.4. The lowest BCUT2D eigenvalue weighted by atomic mass is 10.2. The molecule has 0 aliphatic carbocycles. The molecule has 0 radical (unpaired) electrons. The van der Waals surface area contributed by atoms with Crippen molar-refractivity contribution in [2.75, 3.05) is 24.6 Å². The summed E-state index contributed by atoms with van der Waals surface area (Å²) in [6.07, 6.45) is 3.06. The minimum Gasteiger partial charge on any atom is -0.391 e. The first-order valence-corrected chi connectivity index (χ1v) is 7.11. The standard InChI is InChI=1S/C13H20N4O2S/c1-9(2)7-17-4-3-15-12(13(17)18)16-5-6-19-10(8-16)11(14)20/h3-4,9-10H,5-8H2,1-2H3,(H2,14,20). The van der Waals surface area contributed by atoms with Crippen molar-refractivity contribution in [3.63, 3.8) is 0 Å². The third-order valence-electron chi connectivity index (χ3n) is 3.14. The highest BCUT2D eigenvalue weighted by molar-refractivity contribution is 7.80. The van der Waals surface area contributed by atoms with Crippen molar-refractivity contribution in [1.29, 1.82) is 0 Å². The van der Waals surface area contributed by atoms with Crippen molar-refractivity contribution in [3.8, 4) is 0 Å². The summed E-state index contributed by atoms with van der Waals surface area (Å²) in [5.41, 5.74) is 5.54. The van der Waals surface area contributed by atoms with Crippen molar-refractivity contribution in [2.24, 2.45) is 11.7 Å². The van der Waals surface area contributed by atoms with Crippen molar-refractivity contribution >= 4 is 23.0 Å². The van der Waals surface area contributed by atoms with Crippen LogP contribution in [0.25, 0.3) is 0 Å². The van der Waals surface area contributed by atoms with Crippen LogP contribution in [-0.2, 0) is 11.3 Å². The first kappa shape index (κ1) is 14.9. The lowest BCUT2D eigenvalue weighted by Crippen LogP contribution is -2.50. The van der Waals surface area contributed by atoms with Crippen LogP contribution in [0.4, 0.5) is 5.82 Å². The fourth-order valence-electron chi connectivity index (χ4n) is 2.20. The number of nitrogens with two attached hydrogens (primary N) is 1. The number of hydrogen-bond donors (Lipinski definition) is 1. The highest BCUT2D eigenvalue weighted by Gasteiger charge is 2.25. The molecule has 2 heterocycles. The topological polar surface area (TPSA) is 73.4 Å². The molecule has 20 heavy (non-hydrogen) atoms. The Morgan fingerprint density at radius 3 is 3.05 bits per heavy atom. The second-order valence-corrected chi connectivity index (χ2v) is 5.78. The molecule has 1 saturated heterocycles. The maximum absolute atomic E-state index is 12.4. The summed E-state index contributed by atoms with van der Waals surface area (Å²) in [5, 5.41) is 0. The maximum Gasteiger partial charge on any atom is 0.293 e. The van der Waals surface area contributed by atoms with E-state index in [9.17, 15) is 4.79 Å². The van der Waals surface area contributed by atoms with Gasteiger partial charge in [0, 0.05) is 25.5 Å². The fourth-order valence-corrected chi connectivity index (χ4v) is 2.35. The molecule has 1 unspecified atom stereocenters. The quantitative estimate of drug-likeness (QED) is 0.810. The fraction of sp³-hybridized carbons (Fsp3) is 0.615. The van der Waals surface area contributed by atoms with Gasteiger partial charge < -0.3 is 19.9 Å². The van der Waals surface area contributed by atoms with E-state index < -0.39 is 0 Å². The van der Waals surface area contributed by atoms with E-state index in [0.29, 0.717) is 43.0 Å². The van der Waals surface area contributed by atoms with E-state index in [1.165, 1.54) is 0 Å². The van der Waals surface area contributed by atoms with Gasteiger partial charge >= 0.3 is 0 Å². The molecule has 2 N–H and O–H groups in total. The largest absolute Gasteiger partial charge is 0.391 e. The van der Waals surface area contributed by atoms with E-state index in [2.05, 4.69) is 18.8 Å². The van der Waals surface area contributed by atoms with Gasteiger partial charge in [0.15, 0.2) is 5.82 Å². The number of anilines is 1. The van der Waals surface area contributed by atoms with Crippen molar-refractivity contribution < 1.29 is 4.74 Å². The number of thiocarbonyl (C=S) groups is 1. The van der Waals surface area contributed by atoms with E-state index in [4.69, 9.17) is 22.7 Å². The SMILES string of the molecule is CC(C)Cn1ccnc(N2CCOC(C(N)=S)C2)c1=O. The second kappa shape index (κ2) is 6.32. The Morgan fingerprint density at radius 1 is 1.65 bits per heavy atom. The summed E-state index contributed by atoms with van der Waals surface area (Å²) in [5.74, 6) is 0.842. The molecule has 0 spiro atoms. The van der Waals surface area contributed by atoms with E-state index in [0.717, 1.165) is 0 Å². The molecule has 1 aromatic rings. The molecule has 0 aromatic carbocycles. The number of hydrogen-bond acceptors (Lipinski definition) is 5. The predicted octanol–water partition coefficient (Wildman–Crippen LogP) is 0.391. The highest BCUT2D eigenvalue weighted by atomic mass is 32.1. The Bertz CT molecular complexity index is 543. The molecule has 0 bridgehead atoms. The summed E-state index contributed by atoms with van der Waals surface area (Å²) in [4.78, 5) is 18.9. The van der Waals surface area contributed by atoms with Crippen LogP contribution < -0.4 is 16.2 Å². The van der Waals surface area contributed by atoms with E-state index in [1.54, 1.807) is 17.0 Å². The van der Waals surface area contributed by atoms with Crippen LogP contribution in [0.1, 0.15) is 13.8 Å². The highest BCUT2D eigenvalue weighted by Crippen LogP contribution is 2.11. The zero-order valence-corrected chi connectivity index (χ0v) is 12.6. The van der Waals surface area contributed by atoms with Gasteiger partial charge in [-0.05, 0) is 5.92 Å². The minimum absolute atomic E-state index is 0.0789. The molecule has 6 nitrogen and oxygen atoms in total. The molecule has 0 saturated carbocycles. The lowest BCUT2D eigenvalue weighted by Gasteiger charge is -2.32. The lowest BCUT2D eigenvalue weighted by molar-refractivity contribution is 0.0842. The van der Waals surface area contributed by atoms with Crippen molar-refractivity contribution in [3.05, 3.63) is 22.7 Å². The Kier molecular flexibility index (Phi) is 4.72. The van der Waals surface area contributed by atoms with Gasteiger partial charge in [0.05, 0.1) is 13.2 Å². The first-order valence-electron chi connectivity index (χ1n) is 6.70. The molecule has 110 valence electrons. The van der Waals surface area contributed by atoms with Gasteiger partial charge in [-0.3, -0.25) is 4.79 Å². The van der Waals surface area contributed by atoms with Gasteiger partial charge in [0.25, 0.3) is 5.56 Å². The third-order valence-corrected chi connectivity index (χ3v) is 3.40. The monoisotopic (exact) mass is 296 g/mol. The van der Waals surface area contributed by atoms with Gasteiger partial charge in [-0.1, -0.05) is 26.1 Å². The van der Waals surface area contributed by atoms with Crippen LogP contribution in [0, 0.1) is 5.92 Å². The molecular formula is C13H20N4O2S. The Balaban J connectivity index is 2.24. The molecule has 2 rings (SSSR count). The summed E-state index contributed by atoms with van der Waals surface area (Å²) in [6, 6.07) is 0. The van der Waals surface area contributed by atoms with E-state index in [1.807, 2.05) is 4.90 Å². The Labute approximate surface area is 123 Å². The summed E-state index contributed by atoms with van der Waals surface area (Å²) >= 11 is 4.96. The van der Waals surface area contributed by atoms with Crippen LogP contribution >= 0.6 is 12.2 Å². The predicted molar refractivity (Wildman–Crippen MR) is 82.1 cm³/mol. The molecule has 1 aliphatic rings. The van der Waals surface area contributed by atoms with E-state index >= 15 is 0 Å². The van der Waals surface area contributed by atoms with Crippen LogP contribution in [0.5, 0.6) is 0 Å². The molecule has 1 atom stereocenters. The van der Waals surface area contributed by atoms with Gasteiger partial charge in [0.2, 0.25) is 0 Å². The molecule has 1 aliphatic heterocycles. The van der Waals surface area contributed by atoms with Crippen LogP contribution in [0.2, 0.25) is 0 Å². The molecular weight excluding hydrogens is 276 g/mol. The Hall–Kier alpha value is -1.47. The smallest absolute Gasteiger partial charge is 0.293 e. The average molecular weight is 296 g/mol. The zero-order valence-electron chi connectivity index (χ0n) is 11.8. The third kappa shape index (κ3) is 3.34. The number of aromatic nitrogens is 2. The van der Waals surface area contributed by atoms with Gasteiger partial charge in [0.1, 0.15) is 11.1 Å². The Morgan fingerprint density at radius 2 is 2.40 bits per heavy atom. The number of rotatable bonds is 4. The first-order chi connectivity index (χ1) is 9.49. The van der Waals surface area contributed by atoms with E-state index in [-0.39, 0.29) is 11.7 Å². The summed E-state index contributed by atoms with van der Waals surface area (Å²) < 4.78 is 7.17. The minimum atomic E-state index is -0.321. The van der Waals surface area contributed by atoms with Gasteiger partial charge in [-0.15, -0.1) is 0 Å². The molecule has 7 heteroatoms. The van der Waals surface area contributed by atoms with Gasteiger partial charge in [-0.2, -0.15) is 0 Å². The molecule has 0 amide bonds. The zero-order chi connectivity index (χ0) is 14.7.